The Morgan fingerprint density at radius 2 is 2.50 bits per heavy atom. The van der Waals surface area contributed by atoms with Crippen LogP contribution in [0.1, 0.15) is 30.0 Å². The molecule has 2 N–H and O–H groups in total. The highest BCUT2D eigenvalue weighted by molar-refractivity contribution is 7.09. The van der Waals surface area contributed by atoms with E-state index in [1.54, 1.807) is 11.3 Å². The number of aromatic nitrogens is 1. The summed E-state index contributed by atoms with van der Waals surface area (Å²) in [6.45, 7) is 2.62. The summed E-state index contributed by atoms with van der Waals surface area (Å²) in [4.78, 5) is 4.35. The largest absolute Gasteiger partial charge is 0.370 e. The quantitative estimate of drug-likeness (QED) is 0.831. The first-order valence-corrected chi connectivity index (χ1v) is 5.92. The van der Waals surface area contributed by atoms with E-state index in [1.807, 2.05) is 6.92 Å². The zero-order chi connectivity index (χ0) is 9.97. The van der Waals surface area contributed by atoms with Crippen LogP contribution >= 0.6 is 11.3 Å². The van der Waals surface area contributed by atoms with Crippen LogP contribution in [0.5, 0.6) is 0 Å². The van der Waals surface area contributed by atoms with Gasteiger partial charge in [0, 0.05) is 11.4 Å². The van der Waals surface area contributed by atoms with Gasteiger partial charge in [0.2, 0.25) is 0 Å². The summed E-state index contributed by atoms with van der Waals surface area (Å²) in [5.41, 5.74) is 6.94. The molecule has 2 rings (SSSR count). The average molecular weight is 212 g/mol. The maximum atomic E-state index is 5.91. The van der Waals surface area contributed by atoms with Crippen LogP contribution in [0.25, 0.3) is 0 Å². The zero-order valence-electron chi connectivity index (χ0n) is 8.40. The van der Waals surface area contributed by atoms with Crippen molar-refractivity contribution < 1.29 is 4.74 Å². The smallest absolute Gasteiger partial charge is 0.0901 e. The summed E-state index contributed by atoms with van der Waals surface area (Å²) in [6.07, 6.45) is 3.64. The second-order valence-electron chi connectivity index (χ2n) is 3.80. The van der Waals surface area contributed by atoms with E-state index in [4.69, 9.17) is 10.5 Å². The molecule has 0 radical (unpaired) electrons. The molecular formula is C10H16N2OS. The first-order chi connectivity index (χ1) is 6.75. The summed E-state index contributed by atoms with van der Waals surface area (Å²) in [5.74, 6) is 0. The van der Waals surface area contributed by atoms with Gasteiger partial charge in [0.05, 0.1) is 23.4 Å². The van der Waals surface area contributed by atoms with E-state index in [2.05, 4.69) is 10.4 Å². The van der Waals surface area contributed by atoms with E-state index in [0.717, 1.165) is 23.5 Å². The number of thiazole rings is 1. The Labute approximate surface area is 88.3 Å². The van der Waals surface area contributed by atoms with E-state index >= 15 is 0 Å². The molecule has 14 heavy (non-hydrogen) atoms. The van der Waals surface area contributed by atoms with Gasteiger partial charge < -0.3 is 10.5 Å². The molecule has 1 aromatic heterocycles. The topological polar surface area (TPSA) is 48.1 Å². The molecule has 1 saturated carbocycles. The Morgan fingerprint density at radius 1 is 1.64 bits per heavy atom. The normalized spacial score (nSPS) is 27.0. The third-order valence-electron chi connectivity index (χ3n) is 2.62. The Bertz CT molecular complexity index is 300. The first-order valence-electron chi connectivity index (χ1n) is 5.04. The molecule has 1 aliphatic carbocycles. The predicted molar refractivity (Wildman–Crippen MR) is 57.3 cm³/mol. The minimum atomic E-state index is 0.231. The fraction of sp³-hybridized carbons (Fsp3) is 0.700. The predicted octanol–water partition coefficient (Wildman–Crippen LogP) is 1.85. The monoisotopic (exact) mass is 212 g/mol. The molecule has 2 atom stereocenters. The van der Waals surface area contributed by atoms with Crippen LogP contribution in [0.3, 0.4) is 0 Å². The molecule has 1 aromatic rings. The van der Waals surface area contributed by atoms with Gasteiger partial charge in [0.15, 0.2) is 0 Å². The fourth-order valence-electron chi connectivity index (χ4n) is 1.83. The third kappa shape index (κ3) is 2.32. The number of ether oxygens (including phenoxy) is 1. The molecule has 0 spiro atoms. The molecule has 3 nitrogen and oxygen atoms in total. The van der Waals surface area contributed by atoms with Gasteiger partial charge in [-0.3, -0.25) is 0 Å². The van der Waals surface area contributed by atoms with Crippen LogP contribution in [0.4, 0.5) is 0 Å². The lowest BCUT2D eigenvalue weighted by atomic mass is 10.2. The standard InChI is InChI=1S/C10H16N2OS/c1-7-12-8(6-14-7)5-13-10-4-2-3-9(10)11/h6,9-10H,2-5,11H2,1H3. The minimum Gasteiger partial charge on any atom is -0.370 e. The molecule has 0 aromatic carbocycles. The van der Waals surface area contributed by atoms with Gasteiger partial charge in [-0.05, 0) is 26.2 Å². The highest BCUT2D eigenvalue weighted by Crippen LogP contribution is 2.21. The Hall–Kier alpha value is -0.450. The molecule has 2 unspecified atom stereocenters. The van der Waals surface area contributed by atoms with Crippen LogP contribution < -0.4 is 5.73 Å². The number of hydrogen-bond acceptors (Lipinski definition) is 4. The number of rotatable bonds is 3. The Kier molecular flexibility index (Phi) is 3.15. The lowest BCUT2D eigenvalue weighted by molar-refractivity contribution is 0.0341. The molecule has 0 bridgehead atoms. The average Bonchev–Trinajstić information content (AvgIpc) is 2.72. The van der Waals surface area contributed by atoms with Gasteiger partial charge in [-0.15, -0.1) is 11.3 Å². The first kappa shape index (κ1) is 10.1. The van der Waals surface area contributed by atoms with E-state index in [9.17, 15) is 0 Å². The van der Waals surface area contributed by atoms with Crippen LogP contribution in [0.2, 0.25) is 0 Å². The number of nitrogens with zero attached hydrogens (tertiary/aromatic N) is 1. The van der Waals surface area contributed by atoms with E-state index in [0.29, 0.717) is 6.61 Å². The van der Waals surface area contributed by atoms with E-state index in [1.165, 1.54) is 6.42 Å². The van der Waals surface area contributed by atoms with Gasteiger partial charge >= 0.3 is 0 Å². The molecule has 0 amide bonds. The van der Waals surface area contributed by atoms with E-state index in [-0.39, 0.29) is 12.1 Å². The molecular weight excluding hydrogens is 196 g/mol. The Morgan fingerprint density at radius 3 is 3.07 bits per heavy atom. The molecule has 1 aliphatic rings. The van der Waals surface area contributed by atoms with Crippen molar-refractivity contribution in [1.82, 2.24) is 4.98 Å². The van der Waals surface area contributed by atoms with Gasteiger partial charge in [-0.25, -0.2) is 4.98 Å². The van der Waals surface area contributed by atoms with Crippen LogP contribution in [0.15, 0.2) is 5.38 Å². The number of aryl methyl sites for hydroxylation is 1. The highest BCUT2D eigenvalue weighted by Gasteiger charge is 2.24. The van der Waals surface area contributed by atoms with Crippen molar-refractivity contribution in [3.63, 3.8) is 0 Å². The molecule has 0 aliphatic heterocycles. The third-order valence-corrected chi connectivity index (χ3v) is 3.44. The van der Waals surface area contributed by atoms with Crippen LogP contribution in [-0.2, 0) is 11.3 Å². The van der Waals surface area contributed by atoms with Crippen LogP contribution in [-0.4, -0.2) is 17.1 Å². The van der Waals surface area contributed by atoms with Crippen molar-refractivity contribution in [3.8, 4) is 0 Å². The number of hydrogen-bond donors (Lipinski definition) is 1. The summed E-state index contributed by atoms with van der Waals surface area (Å²) in [6, 6.07) is 0.231. The molecule has 1 fully saturated rings. The lowest BCUT2D eigenvalue weighted by Gasteiger charge is -2.15. The van der Waals surface area contributed by atoms with Gasteiger partial charge in [-0.1, -0.05) is 0 Å². The highest BCUT2D eigenvalue weighted by atomic mass is 32.1. The summed E-state index contributed by atoms with van der Waals surface area (Å²) < 4.78 is 5.73. The maximum absolute atomic E-state index is 5.91. The zero-order valence-corrected chi connectivity index (χ0v) is 9.22. The minimum absolute atomic E-state index is 0.231. The van der Waals surface area contributed by atoms with Gasteiger partial charge in [0.1, 0.15) is 0 Å². The second-order valence-corrected chi connectivity index (χ2v) is 4.86. The summed E-state index contributed by atoms with van der Waals surface area (Å²) in [5, 5.41) is 3.15. The summed E-state index contributed by atoms with van der Waals surface area (Å²) >= 11 is 1.67. The molecule has 78 valence electrons. The molecule has 0 saturated heterocycles. The maximum Gasteiger partial charge on any atom is 0.0901 e. The van der Waals surface area contributed by atoms with Gasteiger partial charge in [-0.2, -0.15) is 0 Å². The lowest BCUT2D eigenvalue weighted by Crippen LogP contribution is -2.31. The van der Waals surface area contributed by atoms with Crippen molar-refractivity contribution in [2.24, 2.45) is 5.73 Å². The molecule has 1 heterocycles. The summed E-state index contributed by atoms with van der Waals surface area (Å²) in [7, 11) is 0. The van der Waals surface area contributed by atoms with E-state index < -0.39 is 0 Å². The van der Waals surface area contributed by atoms with Crippen molar-refractivity contribution in [2.75, 3.05) is 0 Å². The fourth-order valence-corrected chi connectivity index (χ4v) is 2.43. The molecule has 4 heteroatoms. The Balaban J connectivity index is 1.82. The van der Waals surface area contributed by atoms with Crippen molar-refractivity contribution >= 4 is 11.3 Å². The SMILES string of the molecule is Cc1nc(COC2CCCC2N)cs1. The second kappa shape index (κ2) is 4.38. The van der Waals surface area contributed by atoms with Crippen LogP contribution in [0, 0.1) is 6.92 Å². The van der Waals surface area contributed by atoms with Crippen molar-refractivity contribution in [2.45, 2.75) is 44.9 Å². The van der Waals surface area contributed by atoms with Crippen molar-refractivity contribution in [1.29, 1.82) is 0 Å². The van der Waals surface area contributed by atoms with Crippen molar-refractivity contribution in [3.05, 3.63) is 16.1 Å². The number of nitrogens with two attached hydrogens (primary N) is 1. The van der Waals surface area contributed by atoms with Gasteiger partial charge in [0.25, 0.3) is 0 Å².